The standard InChI is InChI=1S/2C6H14N2.ClH.Cu/c2*7-5-3-1-2-4-6(5)8;;/h2*5-6H,1-4,7-8H2;1H;/q;;;+2/p-1/t2*5-,6-;;/m11../s1. The van der Waals surface area contributed by atoms with Gasteiger partial charge in [0, 0.05) is 24.2 Å². The summed E-state index contributed by atoms with van der Waals surface area (Å²) in [4.78, 5) is 0. The molecule has 2 rings (SSSR count). The van der Waals surface area contributed by atoms with Crippen LogP contribution in [0.5, 0.6) is 0 Å². The molecule has 1 radical (unpaired) electrons. The molecule has 4 atom stereocenters. The topological polar surface area (TPSA) is 104 Å². The van der Waals surface area contributed by atoms with Gasteiger partial charge in [0.15, 0.2) is 0 Å². The summed E-state index contributed by atoms with van der Waals surface area (Å²) in [5.41, 5.74) is 22.6. The predicted octanol–water partition coefficient (Wildman–Crippen LogP) is -2.57. The summed E-state index contributed by atoms with van der Waals surface area (Å²) in [6.45, 7) is 0. The molecule has 0 aromatic heterocycles. The summed E-state index contributed by atoms with van der Waals surface area (Å²) in [6.07, 6.45) is 9.60. The molecule has 8 N–H and O–H groups in total. The van der Waals surface area contributed by atoms with Gasteiger partial charge in [-0.3, -0.25) is 0 Å². The fourth-order valence-corrected chi connectivity index (χ4v) is 2.38. The molecule has 2 aliphatic carbocycles. The summed E-state index contributed by atoms with van der Waals surface area (Å²) < 4.78 is 0. The fraction of sp³-hybridized carbons (Fsp3) is 1.00. The van der Waals surface area contributed by atoms with Crippen LogP contribution in [0, 0.1) is 0 Å². The first-order valence-corrected chi connectivity index (χ1v) is 6.63. The SMILES string of the molecule is N[C@@H]1CCCC[C@H]1N.N[C@@H]1CCCC[C@H]1N.[Cl-].[Cu+2]. The Hall–Kier alpha value is 0.649. The van der Waals surface area contributed by atoms with Crippen LogP contribution < -0.4 is 35.3 Å². The molecule has 0 aliphatic heterocycles. The molecule has 2 fully saturated rings. The Kier molecular flexibility index (Phi) is 13.4. The summed E-state index contributed by atoms with van der Waals surface area (Å²) in [5.74, 6) is 0. The molecule has 0 unspecified atom stereocenters. The van der Waals surface area contributed by atoms with Crippen LogP contribution in [0.25, 0.3) is 0 Å². The molecule has 113 valence electrons. The van der Waals surface area contributed by atoms with Crippen molar-refractivity contribution >= 4 is 0 Å². The van der Waals surface area contributed by atoms with Crippen LogP contribution in [0.2, 0.25) is 0 Å². The Morgan fingerprint density at radius 2 is 0.667 bits per heavy atom. The van der Waals surface area contributed by atoms with Gasteiger partial charge < -0.3 is 35.3 Å². The number of hydrogen-bond acceptors (Lipinski definition) is 4. The molecule has 0 aromatic carbocycles. The second kappa shape index (κ2) is 11.5. The van der Waals surface area contributed by atoms with Gasteiger partial charge in [-0.1, -0.05) is 25.7 Å². The summed E-state index contributed by atoms with van der Waals surface area (Å²) in [7, 11) is 0. The molecule has 2 aliphatic rings. The monoisotopic (exact) mass is 326 g/mol. The molecular formula is C12H28ClCuN4+. The van der Waals surface area contributed by atoms with Crippen LogP contribution in [0.1, 0.15) is 51.4 Å². The van der Waals surface area contributed by atoms with Crippen LogP contribution in [-0.2, 0) is 17.1 Å². The van der Waals surface area contributed by atoms with E-state index in [1.807, 2.05) is 0 Å². The summed E-state index contributed by atoms with van der Waals surface area (Å²) >= 11 is 0. The van der Waals surface area contributed by atoms with Crippen molar-refractivity contribution in [2.75, 3.05) is 0 Å². The van der Waals surface area contributed by atoms with Gasteiger partial charge in [-0.05, 0) is 25.7 Å². The maximum atomic E-state index is 5.65. The van der Waals surface area contributed by atoms with E-state index >= 15 is 0 Å². The van der Waals surface area contributed by atoms with Gasteiger partial charge >= 0.3 is 17.1 Å². The van der Waals surface area contributed by atoms with Gasteiger partial charge in [0.25, 0.3) is 0 Å². The van der Waals surface area contributed by atoms with Crippen molar-refractivity contribution in [2.24, 2.45) is 22.9 Å². The quantitative estimate of drug-likeness (QED) is 0.367. The minimum Gasteiger partial charge on any atom is -1.00 e. The number of rotatable bonds is 0. The zero-order chi connectivity index (χ0) is 12.0. The number of nitrogens with two attached hydrogens (primary N) is 4. The molecular weight excluding hydrogens is 299 g/mol. The van der Waals surface area contributed by atoms with E-state index < -0.39 is 0 Å². The molecule has 0 spiro atoms. The Morgan fingerprint density at radius 3 is 0.778 bits per heavy atom. The van der Waals surface area contributed by atoms with Gasteiger partial charge in [-0.15, -0.1) is 0 Å². The molecule has 0 bridgehead atoms. The normalized spacial score (nSPS) is 35.3. The van der Waals surface area contributed by atoms with Gasteiger partial charge in [0.2, 0.25) is 0 Å². The van der Waals surface area contributed by atoms with Gasteiger partial charge in [-0.2, -0.15) is 0 Å². The van der Waals surface area contributed by atoms with E-state index in [9.17, 15) is 0 Å². The number of halogens is 1. The van der Waals surface area contributed by atoms with E-state index in [0.29, 0.717) is 0 Å². The smallest absolute Gasteiger partial charge is 1.00 e. The van der Waals surface area contributed by atoms with Crippen molar-refractivity contribution in [1.29, 1.82) is 0 Å². The minimum atomic E-state index is 0. The summed E-state index contributed by atoms with van der Waals surface area (Å²) in [5, 5.41) is 0. The van der Waals surface area contributed by atoms with E-state index in [2.05, 4.69) is 0 Å². The number of hydrogen-bond donors (Lipinski definition) is 4. The largest absolute Gasteiger partial charge is 2.00 e. The average molecular weight is 327 g/mol. The molecule has 0 aromatic rings. The molecule has 4 nitrogen and oxygen atoms in total. The van der Waals surface area contributed by atoms with Gasteiger partial charge in [0.05, 0.1) is 0 Å². The Morgan fingerprint density at radius 1 is 0.500 bits per heavy atom. The van der Waals surface area contributed by atoms with Crippen LogP contribution in [-0.4, -0.2) is 24.2 Å². The predicted molar refractivity (Wildman–Crippen MR) is 68.8 cm³/mol. The van der Waals surface area contributed by atoms with Crippen molar-refractivity contribution in [2.45, 2.75) is 75.5 Å². The molecule has 0 heterocycles. The van der Waals surface area contributed by atoms with Crippen molar-refractivity contribution in [1.82, 2.24) is 0 Å². The Labute approximate surface area is 128 Å². The van der Waals surface area contributed by atoms with Crippen molar-refractivity contribution in [3.8, 4) is 0 Å². The van der Waals surface area contributed by atoms with Crippen LogP contribution >= 0.6 is 0 Å². The Balaban J connectivity index is 0. The zero-order valence-corrected chi connectivity index (χ0v) is 12.7. The van der Waals surface area contributed by atoms with Crippen LogP contribution in [0.4, 0.5) is 0 Å². The molecule has 2 saturated carbocycles. The van der Waals surface area contributed by atoms with Crippen LogP contribution in [0.3, 0.4) is 0 Å². The van der Waals surface area contributed by atoms with Gasteiger partial charge in [-0.25, -0.2) is 0 Å². The van der Waals surface area contributed by atoms with Crippen molar-refractivity contribution < 1.29 is 29.5 Å². The first kappa shape index (κ1) is 21.0. The Bertz CT molecular complexity index is 157. The van der Waals surface area contributed by atoms with E-state index in [4.69, 9.17) is 22.9 Å². The first-order chi connectivity index (χ1) is 7.61. The minimum absolute atomic E-state index is 0. The second-order valence-electron chi connectivity index (χ2n) is 5.22. The molecule has 18 heavy (non-hydrogen) atoms. The maximum absolute atomic E-state index is 5.65. The zero-order valence-electron chi connectivity index (χ0n) is 11.0. The first-order valence-electron chi connectivity index (χ1n) is 6.63. The summed E-state index contributed by atoms with van der Waals surface area (Å²) in [6, 6.07) is 1.12. The van der Waals surface area contributed by atoms with Crippen LogP contribution in [0.15, 0.2) is 0 Å². The van der Waals surface area contributed by atoms with Crippen molar-refractivity contribution in [3.63, 3.8) is 0 Å². The van der Waals surface area contributed by atoms with Gasteiger partial charge in [0.1, 0.15) is 0 Å². The molecule has 0 amide bonds. The molecule has 6 heteroatoms. The molecule has 0 saturated heterocycles. The third-order valence-corrected chi connectivity index (χ3v) is 3.75. The van der Waals surface area contributed by atoms with E-state index in [1.165, 1.54) is 25.7 Å². The van der Waals surface area contributed by atoms with E-state index in [0.717, 1.165) is 25.7 Å². The van der Waals surface area contributed by atoms with Crippen molar-refractivity contribution in [3.05, 3.63) is 0 Å². The fourth-order valence-electron chi connectivity index (χ4n) is 2.38. The third-order valence-electron chi connectivity index (χ3n) is 3.75. The third kappa shape index (κ3) is 7.95. The van der Waals surface area contributed by atoms with E-state index in [-0.39, 0.29) is 53.6 Å². The average Bonchev–Trinajstić information content (AvgIpc) is 2.28. The maximum Gasteiger partial charge on any atom is 2.00 e. The second-order valence-corrected chi connectivity index (χ2v) is 5.22. The van der Waals surface area contributed by atoms with E-state index in [1.54, 1.807) is 0 Å².